The maximum atomic E-state index is 2.12. The van der Waals surface area contributed by atoms with Crippen LogP contribution in [0.5, 0.6) is 0 Å². The van der Waals surface area contributed by atoms with Gasteiger partial charge in [0.05, 0.1) is 0 Å². The third-order valence-corrected chi connectivity index (χ3v) is 1.25. The second-order valence-corrected chi connectivity index (χ2v) is 2.47. The second kappa shape index (κ2) is 145. The zero-order valence-corrected chi connectivity index (χ0v) is 16.9. The molecule has 1 nitrogen and oxygen atoms in total. The van der Waals surface area contributed by atoms with Gasteiger partial charge in [0.2, 0.25) is 0 Å². The summed E-state index contributed by atoms with van der Waals surface area (Å²) >= 11 is 0. The molecule has 0 aliphatic heterocycles. The molecule has 0 aromatic carbocycles. The summed E-state index contributed by atoms with van der Waals surface area (Å²) in [6.45, 7) is 24.2. The van der Waals surface area contributed by atoms with Gasteiger partial charge in [-0.15, -0.1) is 0 Å². The summed E-state index contributed by atoms with van der Waals surface area (Å²) in [6, 6.07) is 0. The Morgan fingerprint density at radius 1 is 0.474 bits per heavy atom. The molecule has 1 aliphatic carbocycles. The van der Waals surface area contributed by atoms with Crippen LogP contribution < -0.4 is 6.15 Å². The lowest BCUT2D eigenvalue weighted by atomic mass is 10.4. The van der Waals surface area contributed by atoms with E-state index in [0.29, 0.717) is 0 Å². The minimum absolute atomic E-state index is 0. The normalized spacial score (nSPS) is 8.84. The van der Waals surface area contributed by atoms with Crippen molar-refractivity contribution >= 4 is 0 Å². The Hall–Kier alpha value is -0.0400. The first-order valence-electron chi connectivity index (χ1n) is 8.91. The molecule has 1 rings (SSSR count). The Balaban J connectivity index is -0.0000000146. The Kier molecular flexibility index (Phi) is 327. The standard InChI is InChI=1S/C5H10.C3H8.5C2H6.H3N.H2/c1-2-4-5-3-1;1-3-2;5*1-2;;/h1-5H2;3H2,1-2H3;5*1-2H3;1H3;1H. The quantitative estimate of drug-likeness (QED) is 0.473. The van der Waals surface area contributed by atoms with E-state index in [0.717, 1.165) is 0 Å². The first kappa shape index (κ1) is 42.8. The second-order valence-electron chi connectivity index (χ2n) is 2.47. The minimum atomic E-state index is 0. The third kappa shape index (κ3) is 186. The third-order valence-electron chi connectivity index (χ3n) is 1.25. The van der Waals surface area contributed by atoms with Crippen LogP contribution in [0.25, 0.3) is 0 Å². The summed E-state index contributed by atoms with van der Waals surface area (Å²) in [7, 11) is 0. The highest BCUT2D eigenvalue weighted by molar-refractivity contribution is 4.51. The van der Waals surface area contributed by atoms with E-state index in [4.69, 9.17) is 0 Å². The van der Waals surface area contributed by atoms with Crippen LogP contribution in [0.4, 0.5) is 0 Å². The average molecular weight is 284 g/mol. The molecule has 0 radical (unpaired) electrons. The molecule has 0 unspecified atom stereocenters. The largest absolute Gasteiger partial charge is 0.344 e. The monoisotopic (exact) mass is 283 g/mol. The van der Waals surface area contributed by atoms with Gasteiger partial charge in [-0.1, -0.05) is 122 Å². The zero-order valence-electron chi connectivity index (χ0n) is 16.9. The van der Waals surface area contributed by atoms with E-state index in [9.17, 15) is 0 Å². The predicted molar refractivity (Wildman–Crippen MR) is 103 cm³/mol. The van der Waals surface area contributed by atoms with Gasteiger partial charge >= 0.3 is 0 Å². The molecule has 130 valence electrons. The van der Waals surface area contributed by atoms with Gasteiger partial charge < -0.3 is 6.15 Å². The summed E-state index contributed by atoms with van der Waals surface area (Å²) < 4.78 is 0. The fraction of sp³-hybridized carbons (Fsp3) is 1.00. The van der Waals surface area contributed by atoms with Crippen molar-refractivity contribution in [1.29, 1.82) is 0 Å². The molecule has 19 heavy (non-hydrogen) atoms. The van der Waals surface area contributed by atoms with Crippen LogP contribution in [-0.2, 0) is 0 Å². The highest BCUT2D eigenvalue weighted by Crippen LogP contribution is 2.15. The van der Waals surface area contributed by atoms with Crippen molar-refractivity contribution in [3.05, 3.63) is 0 Å². The molecular weight excluding hydrogens is 230 g/mol. The molecular formula is C18H53N. The molecule has 0 aromatic heterocycles. The predicted octanol–water partition coefficient (Wildman–Crippen LogP) is 8.91. The molecule has 0 saturated heterocycles. The Morgan fingerprint density at radius 3 is 0.579 bits per heavy atom. The summed E-state index contributed by atoms with van der Waals surface area (Å²) in [5.41, 5.74) is 0. The van der Waals surface area contributed by atoms with E-state index >= 15 is 0 Å². The molecule has 0 heterocycles. The molecule has 1 saturated carbocycles. The summed E-state index contributed by atoms with van der Waals surface area (Å²) in [5, 5.41) is 0. The first-order valence-corrected chi connectivity index (χ1v) is 8.91. The highest BCUT2D eigenvalue weighted by Gasteiger charge is 1.95. The topological polar surface area (TPSA) is 35.0 Å². The van der Waals surface area contributed by atoms with Gasteiger partial charge in [-0.2, -0.15) is 0 Å². The number of rotatable bonds is 0. The lowest BCUT2D eigenvalue weighted by molar-refractivity contribution is 0.886. The number of hydrogen-bond donors (Lipinski definition) is 1. The minimum Gasteiger partial charge on any atom is -0.344 e. The Bertz CT molecular complexity index is 30.8. The van der Waals surface area contributed by atoms with Crippen molar-refractivity contribution < 1.29 is 1.43 Å². The summed E-state index contributed by atoms with van der Waals surface area (Å²) in [4.78, 5) is 0. The van der Waals surface area contributed by atoms with Crippen LogP contribution >= 0.6 is 0 Å². The van der Waals surface area contributed by atoms with Gasteiger partial charge in [0, 0.05) is 1.43 Å². The van der Waals surface area contributed by atoms with Gasteiger partial charge in [-0.3, -0.25) is 0 Å². The molecule has 1 fully saturated rings. The first-order chi connectivity index (χ1) is 8.91. The van der Waals surface area contributed by atoms with Crippen molar-refractivity contribution in [1.82, 2.24) is 6.15 Å². The van der Waals surface area contributed by atoms with E-state index in [-0.39, 0.29) is 7.58 Å². The van der Waals surface area contributed by atoms with Crippen LogP contribution in [0.15, 0.2) is 0 Å². The smallest absolute Gasteiger partial charge is 0 e. The number of hydrogen-bond acceptors (Lipinski definition) is 1. The van der Waals surface area contributed by atoms with Gasteiger partial charge in [0.15, 0.2) is 0 Å². The molecule has 1 heteroatoms. The van der Waals surface area contributed by atoms with E-state index in [2.05, 4.69) is 13.8 Å². The van der Waals surface area contributed by atoms with E-state index in [1.807, 2.05) is 69.2 Å². The lowest BCUT2D eigenvalue weighted by Crippen LogP contribution is -1.47. The molecule has 0 atom stereocenters. The fourth-order valence-corrected chi connectivity index (χ4v) is 0.884. The van der Waals surface area contributed by atoms with Crippen molar-refractivity contribution in [2.75, 3.05) is 0 Å². The van der Waals surface area contributed by atoms with Crippen LogP contribution in [0, 0.1) is 0 Å². The SMILES string of the molecule is C1CCCC1.CC.CC.CC.CC.CC.CCC.N.[HH]. The van der Waals surface area contributed by atoms with Crippen molar-refractivity contribution in [3.63, 3.8) is 0 Å². The molecule has 0 amide bonds. The Labute approximate surface area is 130 Å². The Morgan fingerprint density at radius 2 is 0.526 bits per heavy atom. The highest BCUT2D eigenvalue weighted by atomic mass is 14.0. The zero-order chi connectivity index (χ0) is 16.2. The van der Waals surface area contributed by atoms with Gasteiger partial charge in [-0.05, 0) is 0 Å². The van der Waals surface area contributed by atoms with Crippen LogP contribution in [-0.4, -0.2) is 0 Å². The molecule has 0 bridgehead atoms. The van der Waals surface area contributed by atoms with Crippen molar-refractivity contribution in [3.8, 4) is 0 Å². The average Bonchev–Trinajstić information content (AvgIpc) is 3.09. The van der Waals surface area contributed by atoms with Crippen LogP contribution in [0.1, 0.15) is 123 Å². The van der Waals surface area contributed by atoms with Gasteiger partial charge in [-0.25, -0.2) is 0 Å². The molecule has 0 spiro atoms. The van der Waals surface area contributed by atoms with Crippen molar-refractivity contribution in [2.24, 2.45) is 0 Å². The lowest BCUT2D eigenvalue weighted by Gasteiger charge is -1.67. The van der Waals surface area contributed by atoms with Crippen LogP contribution in [0.3, 0.4) is 0 Å². The maximum absolute atomic E-state index is 2.12. The summed E-state index contributed by atoms with van der Waals surface area (Å²) in [6.07, 6.45) is 8.75. The molecule has 0 aromatic rings. The van der Waals surface area contributed by atoms with Crippen molar-refractivity contribution in [2.45, 2.75) is 122 Å². The fourth-order valence-electron chi connectivity index (χ4n) is 0.884. The maximum Gasteiger partial charge on any atom is 0 e. The van der Waals surface area contributed by atoms with E-state index in [1.54, 1.807) is 0 Å². The van der Waals surface area contributed by atoms with Gasteiger partial charge in [0.25, 0.3) is 0 Å². The molecule has 1 aliphatic rings. The van der Waals surface area contributed by atoms with Crippen LogP contribution in [0.2, 0.25) is 0 Å². The van der Waals surface area contributed by atoms with Gasteiger partial charge in [0.1, 0.15) is 0 Å². The van der Waals surface area contributed by atoms with E-state index < -0.39 is 0 Å². The van der Waals surface area contributed by atoms with E-state index in [1.165, 1.54) is 38.5 Å². The molecule has 3 N–H and O–H groups in total. The summed E-state index contributed by atoms with van der Waals surface area (Å²) in [5.74, 6) is 0.